The van der Waals surface area contributed by atoms with Crippen LogP contribution >= 0.6 is 0 Å². The number of fused-ring (bicyclic) bond motifs is 3. The molecule has 188 valence electrons. The summed E-state index contributed by atoms with van der Waals surface area (Å²) in [5.41, 5.74) is 3.67. The highest BCUT2D eigenvalue weighted by Gasteiger charge is 2.29. The lowest BCUT2D eigenvalue weighted by Gasteiger charge is -2.37. The van der Waals surface area contributed by atoms with Crippen molar-refractivity contribution in [3.8, 4) is 0 Å². The van der Waals surface area contributed by atoms with Gasteiger partial charge < -0.3 is 4.90 Å². The van der Waals surface area contributed by atoms with Gasteiger partial charge in [-0.1, -0.05) is 72.8 Å². The van der Waals surface area contributed by atoms with Crippen LogP contribution in [0.2, 0.25) is 0 Å². The molecule has 5 aromatic rings. The molecule has 1 saturated heterocycles. The third-order valence-corrected chi connectivity index (χ3v) is 7.86. The second kappa shape index (κ2) is 10.3. The van der Waals surface area contributed by atoms with Gasteiger partial charge in [-0.15, -0.1) is 10.2 Å². The van der Waals surface area contributed by atoms with Crippen LogP contribution in [0.4, 0.5) is 0 Å². The first kappa shape index (κ1) is 23.6. The van der Waals surface area contributed by atoms with Gasteiger partial charge >= 0.3 is 0 Å². The van der Waals surface area contributed by atoms with Gasteiger partial charge in [0.15, 0.2) is 0 Å². The van der Waals surface area contributed by atoms with E-state index >= 15 is 0 Å². The maximum atomic E-state index is 13.4. The number of rotatable bonds is 7. The van der Waals surface area contributed by atoms with Crippen LogP contribution in [-0.2, 0) is 6.54 Å². The number of likely N-dealkylation sites (tertiary alicyclic amines) is 1. The van der Waals surface area contributed by atoms with E-state index in [1.807, 2.05) is 35.6 Å². The largest absolute Gasteiger partial charge is 0.303 e. The SMILES string of the molecule is Cc1nnc2n(CCCN3CCCC(C(c4ccccc4)c4ccccc4)C3)c(=O)c3ccccc3n12. The lowest BCUT2D eigenvalue weighted by molar-refractivity contribution is 0.161. The maximum absolute atomic E-state index is 13.4. The van der Waals surface area contributed by atoms with E-state index in [1.54, 1.807) is 4.57 Å². The molecule has 3 aromatic carbocycles. The minimum atomic E-state index is 0.0141. The summed E-state index contributed by atoms with van der Waals surface area (Å²) in [6, 6.07) is 29.6. The number of para-hydroxylation sites is 1. The predicted octanol–water partition coefficient (Wildman–Crippen LogP) is 5.29. The van der Waals surface area contributed by atoms with E-state index in [1.165, 1.54) is 24.0 Å². The van der Waals surface area contributed by atoms with Gasteiger partial charge in [0.25, 0.3) is 5.56 Å². The quantitative estimate of drug-likeness (QED) is 0.311. The molecule has 0 spiro atoms. The fraction of sp³-hybridized carbons (Fsp3) is 0.323. The third-order valence-electron chi connectivity index (χ3n) is 7.86. The van der Waals surface area contributed by atoms with Crippen molar-refractivity contribution in [2.75, 3.05) is 19.6 Å². The van der Waals surface area contributed by atoms with Crippen molar-refractivity contribution >= 4 is 16.7 Å². The Labute approximate surface area is 217 Å². The van der Waals surface area contributed by atoms with Crippen molar-refractivity contribution < 1.29 is 0 Å². The zero-order valence-electron chi connectivity index (χ0n) is 21.3. The van der Waals surface area contributed by atoms with Crippen molar-refractivity contribution in [3.63, 3.8) is 0 Å². The topological polar surface area (TPSA) is 55.4 Å². The average Bonchev–Trinajstić information content (AvgIpc) is 3.33. The van der Waals surface area contributed by atoms with Crippen molar-refractivity contribution in [3.05, 3.63) is 112 Å². The van der Waals surface area contributed by atoms with Crippen LogP contribution in [0, 0.1) is 12.8 Å². The molecule has 0 bridgehead atoms. The monoisotopic (exact) mass is 491 g/mol. The van der Waals surface area contributed by atoms with Gasteiger partial charge in [0.05, 0.1) is 10.9 Å². The molecule has 0 N–H and O–H groups in total. The van der Waals surface area contributed by atoms with Gasteiger partial charge in [-0.3, -0.25) is 13.8 Å². The third kappa shape index (κ3) is 4.58. The first-order chi connectivity index (χ1) is 18.2. The van der Waals surface area contributed by atoms with E-state index < -0.39 is 0 Å². The van der Waals surface area contributed by atoms with Crippen molar-refractivity contribution in [1.29, 1.82) is 0 Å². The normalized spacial score (nSPS) is 16.6. The minimum Gasteiger partial charge on any atom is -0.303 e. The van der Waals surface area contributed by atoms with Crippen LogP contribution in [0.3, 0.4) is 0 Å². The molecule has 6 nitrogen and oxygen atoms in total. The second-order valence-corrected chi connectivity index (χ2v) is 10.2. The van der Waals surface area contributed by atoms with E-state index in [-0.39, 0.29) is 5.56 Å². The summed E-state index contributed by atoms with van der Waals surface area (Å²) in [5.74, 6) is 2.39. The minimum absolute atomic E-state index is 0.0141. The highest BCUT2D eigenvalue weighted by Crippen LogP contribution is 2.37. The van der Waals surface area contributed by atoms with Gasteiger partial charge in [-0.05, 0) is 68.5 Å². The molecule has 6 heteroatoms. The van der Waals surface area contributed by atoms with Gasteiger partial charge in [-0.25, -0.2) is 0 Å². The Morgan fingerprint density at radius 2 is 1.54 bits per heavy atom. The molecule has 1 aliphatic rings. The van der Waals surface area contributed by atoms with Crippen molar-refractivity contribution in [2.24, 2.45) is 5.92 Å². The average molecular weight is 492 g/mol. The zero-order valence-corrected chi connectivity index (χ0v) is 21.3. The lowest BCUT2D eigenvalue weighted by atomic mass is 9.77. The van der Waals surface area contributed by atoms with Crippen LogP contribution in [0.15, 0.2) is 89.7 Å². The molecule has 0 saturated carbocycles. The second-order valence-electron chi connectivity index (χ2n) is 10.2. The molecule has 1 aliphatic heterocycles. The molecule has 37 heavy (non-hydrogen) atoms. The fourth-order valence-corrected chi connectivity index (χ4v) is 6.17. The van der Waals surface area contributed by atoms with Crippen molar-refractivity contribution in [1.82, 2.24) is 24.1 Å². The smallest absolute Gasteiger partial charge is 0.262 e. The van der Waals surface area contributed by atoms with Gasteiger partial charge in [0.1, 0.15) is 5.82 Å². The lowest BCUT2D eigenvalue weighted by Crippen LogP contribution is -2.39. The van der Waals surface area contributed by atoms with Gasteiger partial charge in [-0.2, -0.15) is 0 Å². The van der Waals surface area contributed by atoms with Gasteiger partial charge in [0, 0.05) is 19.0 Å². The molecule has 3 heterocycles. The Hall–Kier alpha value is -3.77. The van der Waals surface area contributed by atoms with E-state index in [0.29, 0.717) is 29.5 Å². The summed E-state index contributed by atoms with van der Waals surface area (Å²) < 4.78 is 3.80. The summed E-state index contributed by atoms with van der Waals surface area (Å²) in [5, 5.41) is 9.35. The van der Waals surface area contributed by atoms with Crippen LogP contribution < -0.4 is 5.56 Å². The molecule has 1 atom stereocenters. The van der Waals surface area contributed by atoms with E-state index in [2.05, 4.69) is 75.8 Å². The number of hydrogen-bond donors (Lipinski definition) is 0. The first-order valence-corrected chi connectivity index (χ1v) is 13.4. The first-order valence-electron chi connectivity index (χ1n) is 13.4. The number of benzene rings is 3. The summed E-state index contributed by atoms with van der Waals surface area (Å²) in [6.45, 7) is 5.71. The standard InChI is InChI=1S/C31H33N5O/c1-23-32-33-31-35(30(37)27-17-8-9-18-28(27)36(23)31)21-11-20-34-19-10-16-26(22-34)29(24-12-4-2-5-13-24)25-14-6-3-7-15-25/h2-9,12-15,17-18,26,29H,10-11,16,19-22H2,1H3. The Kier molecular flexibility index (Phi) is 6.58. The molecule has 1 fully saturated rings. The molecular weight excluding hydrogens is 458 g/mol. The van der Waals surface area contributed by atoms with E-state index in [9.17, 15) is 4.79 Å². The molecule has 0 amide bonds. The Morgan fingerprint density at radius 3 is 2.27 bits per heavy atom. The number of hydrogen-bond acceptors (Lipinski definition) is 4. The van der Waals surface area contributed by atoms with Crippen LogP contribution in [0.1, 0.15) is 42.1 Å². The van der Waals surface area contributed by atoms with Crippen LogP contribution in [0.25, 0.3) is 16.7 Å². The number of piperidine rings is 1. The van der Waals surface area contributed by atoms with Gasteiger partial charge in [0.2, 0.25) is 5.78 Å². The van der Waals surface area contributed by atoms with Crippen LogP contribution in [0.5, 0.6) is 0 Å². The summed E-state index contributed by atoms with van der Waals surface area (Å²) in [4.78, 5) is 15.9. The predicted molar refractivity (Wildman–Crippen MR) is 148 cm³/mol. The highest BCUT2D eigenvalue weighted by atomic mass is 16.1. The Balaban J connectivity index is 1.21. The molecule has 1 unspecified atom stereocenters. The molecule has 0 radical (unpaired) electrons. The number of aryl methyl sites for hydroxylation is 2. The van der Waals surface area contributed by atoms with Crippen LogP contribution in [-0.4, -0.2) is 43.7 Å². The summed E-state index contributed by atoms with van der Waals surface area (Å²) in [6.07, 6.45) is 3.33. The zero-order chi connectivity index (χ0) is 25.2. The Bertz CT molecular complexity index is 1520. The van der Waals surface area contributed by atoms with Crippen molar-refractivity contribution in [2.45, 2.75) is 38.6 Å². The fourth-order valence-electron chi connectivity index (χ4n) is 6.17. The summed E-state index contributed by atoms with van der Waals surface area (Å²) >= 11 is 0. The Morgan fingerprint density at radius 1 is 0.865 bits per heavy atom. The number of aromatic nitrogens is 4. The highest BCUT2D eigenvalue weighted by molar-refractivity contribution is 5.80. The van der Waals surface area contributed by atoms with E-state index in [0.717, 1.165) is 37.4 Å². The molecule has 0 aliphatic carbocycles. The molecular formula is C31H33N5O. The van der Waals surface area contributed by atoms with E-state index in [4.69, 9.17) is 0 Å². The molecule has 6 rings (SSSR count). The molecule has 2 aromatic heterocycles. The summed E-state index contributed by atoms with van der Waals surface area (Å²) in [7, 11) is 0. The maximum Gasteiger partial charge on any atom is 0.262 e. The number of nitrogens with zero attached hydrogens (tertiary/aromatic N) is 5.